The summed E-state index contributed by atoms with van der Waals surface area (Å²) in [7, 11) is 0. The molecule has 1 N–H and O–H groups in total. The van der Waals surface area contributed by atoms with Crippen LogP contribution in [0.4, 0.5) is 5.00 Å². The van der Waals surface area contributed by atoms with Crippen LogP contribution in [-0.2, 0) is 9.53 Å². The minimum atomic E-state index is -0.390. The van der Waals surface area contributed by atoms with Gasteiger partial charge in [-0.2, -0.15) is 0 Å². The Morgan fingerprint density at radius 3 is 2.50 bits per heavy atom. The number of rotatable bonds is 5. The van der Waals surface area contributed by atoms with Crippen molar-refractivity contribution in [3.8, 4) is 0 Å². The molecule has 0 spiro atoms. The normalized spacial score (nSPS) is 15.0. The molecule has 1 atom stereocenters. The van der Waals surface area contributed by atoms with E-state index in [1.54, 1.807) is 0 Å². The lowest BCUT2D eigenvalue weighted by molar-refractivity contribution is -0.117. The van der Waals surface area contributed by atoms with Crippen molar-refractivity contribution in [1.82, 2.24) is 0 Å². The van der Waals surface area contributed by atoms with Crippen molar-refractivity contribution in [3.63, 3.8) is 0 Å². The van der Waals surface area contributed by atoms with E-state index >= 15 is 0 Å². The van der Waals surface area contributed by atoms with Gasteiger partial charge in [0.2, 0.25) is 5.91 Å². The molecule has 126 valence electrons. The van der Waals surface area contributed by atoms with Gasteiger partial charge in [0, 0.05) is 10.8 Å². The van der Waals surface area contributed by atoms with E-state index in [0.29, 0.717) is 10.6 Å². The van der Waals surface area contributed by atoms with Crippen molar-refractivity contribution in [1.29, 1.82) is 0 Å². The maximum absolute atomic E-state index is 12.7. The molecular weight excluding hydrogens is 322 g/mol. The molecule has 0 bridgehead atoms. The second-order valence-electron chi connectivity index (χ2n) is 6.21. The molecule has 0 radical (unpaired) electrons. The van der Waals surface area contributed by atoms with Crippen LogP contribution in [0.1, 0.15) is 52.2 Å². The third kappa shape index (κ3) is 3.51. The summed E-state index contributed by atoms with van der Waals surface area (Å²) in [5.41, 5.74) is 2.30. The zero-order valence-corrected chi connectivity index (χ0v) is 14.9. The lowest BCUT2D eigenvalue weighted by atomic mass is 10.1. The number of thiophene rings is 1. The molecule has 1 aromatic heterocycles. The number of esters is 1. The van der Waals surface area contributed by atoms with Gasteiger partial charge in [-0.3, -0.25) is 4.79 Å². The number of carbonyl (C=O) groups is 2. The van der Waals surface area contributed by atoms with E-state index in [0.717, 1.165) is 28.8 Å². The van der Waals surface area contributed by atoms with Gasteiger partial charge >= 0.3 is 5.97 Å². The summed E-state index contributed by atoms with van der Waals surface area (Å²) < 4.78 is 5.63. The predicted molar refractivity (Wildman–Crippen MR) is 95.4 cm³/mol. The van der Waals surface area contributed by atoms with Crippen molar-refractivity contribution < 1.29 is 14.3 Å². The first-order valence-electron chi connectivity index (χ1n) is 8.14. The van der Waals surface area contributed by atoms with Crippen LogP contribution in [0.3, 0.4) is 0 Å². The lowest BCUT2D eigenvalue weighted by Crippen LogP contribution is -2.16. The molecule has 3 rings (SSSR count). The summed E-state index contributed by atoms with van der Waals surface area (Å²) in [4.78, 5) is 25.8. The number of carbonyl (C=O) groups excluding carboxylic acids is 2. The molecule has 1 aliphatic carbocycles. The summed E-state index contributed by atoms with van der Waals surface area (Å²) in [6.07, 6.45) is 1.52. The summed E-state index contributed by atoms with van der Waals surface area (Å²) in [5.74, 6) is -0.291. The SMILES string of the molecule is Cc1sc(NC(=O)C2CC2)c(C(=O)O[C@H](C)c2ccccc2)c1C. The van der Waals surface area contributed by atoms with Gasteiger partial charge in [-0.25, -0.2) is 4.79 Å². The minimum absolute atomic E-state index is 0.00130. The molecule has 24 heavy (non-hydrogen) atoms. The zero-order chi connectivity index (χ0) is 17.3. The second kappa shape index (κ2) is 6.77. The van der Waals surface area contributed by atoms with Gasteiger partial charge in [-0.15, -0.1) is 11.3 Å². The number of hydrogen-bond acceptors (Lipinski definition) is 4. The monoisotopic (exact) mass is 343 g/mol. The highest BCUT2D eigenvalue weighted by Gasteiger charge is 2.32. The van der Waals surface area contributed by atoms with Crippen LogP contribution >= 0.6 is 11.3 Å². The largest absolute Gasteiger partial charge is 0.454 e. The molecule has 1 amide bonds. The smallest absolute Gasteiger partial charge is 0.342 e. The number of aryl methyl sites for hydroxylation is 1. The molecule has 1 aliphatic rings. The number of ether oxygens (including phenoxy) is 1. The topological polar surface area (TPSA) is 55.4 Å². The summed E-state index contributed by atoms with van der Waals surface area (Å²) in [5, 5.41) is 3.51. The summed E-state index contributed by atoms with van der Waals surface area (Å²) in [6, 6.07) is 9.62. The quantitative estimate of drug-likeness (QED) is 0.805. The van der Waals surface area contributed by atoms with Crippen LogP contribution in [0.5, 0.6) is 0 Å². The Hall–Kier alpha value is -2.14. The molecular formula is C19H21NO3S. The van der Waals surface area contributed by atoms with E-state index in [2.05, 4.69) is 5.32 Å². The Morgan fingerprint density at radius 2 is 1.88 bits per heavy atom. The maximum Gasteiger partial charge on any atom is 0.342 e. The molecule has 5 heteroatoms. The standard InChI is InChI=1S/C19H21NO3S/c1-11-13(3)24-18(20-17(21)15-9-10-15)16(11)19(22)23-12(2)14-7-5-4-6-8-14/h4-8,12,15H,9-10H2,1-3H3,(H,20,21)/t12-/m1/s1. The van der Waals surface area contributed by atoms with Gasteiger partial charge in [-0.05, 0) is 44.7 Å². The number of amides is 1. The molecule has 1 fully saturated rings. The molecule has 0 saturated heterocycles. The van der Waals surface area contributed by atoms with Crippen molar-refractivity contribution >= 4 is 28.2 Å². The highest BCUT2D eigenvalue weighted by atomic mass is 32.1. The van der Waals surface area contributed by atoms with E-state index in [1.165, 1.54) is 11.3 Å². The van der Waals surface area contributed by atoms with E-state index in [-0.39, 0.29) is 23.9 Å². The first-order valence-corrected chi connectivity index (χ1v) is 8.95. The van der Waals surface area contributed by atoms with Gasteiger partial charge in [0.25, 0.3) is 0 Å². The predicted octanol–water partition coefficient (Wildman–Crippen LogP) is 4.63. The molecule has 1 saturated carbocycles. The van der Waals surface area contributed by atoms with Crippen LogP contribution in [0.15, 0.2) is 30.3 Å². The van der Waals surface area contributed by atoms with E-state index in [4.69, 9.17) is 4.74 Å². The Bertz CT molecular complexity index is 762. The van der Waals surface area contributed by atoms with Crippen molar-refractivity contribution in [2.75, 3.05) is 5.32 Å². The van der Waals surface area contributed by atoms with E-state index in [1.807, 2.05) is 51.1 Å². The highest BCUT2D eigenvalue weighted by Crippen LogP contribution is 2.36. The first kappa shape index (κ1) is 16.7. The van der Waals surface area contributed by atoms with Crippen molar-refractivity contribution in [2.45, 2.75) is 39.7 Å². The van der Waals surface area contributed by atoms with E-state index < -0.39 is 0 Å². The maximum atomic E-state index is 12.7. The van der Waals surface area contributed by atoms with Crippen LogP contribution in [0.2, 0.25) is 0 Å². The van der Waals surface area contributed by atoms with Crippen molar-refractivity contribution in [2.24, 2.45) is 5.92 Å². The third-order valence-electron chi connectivity index (χ3n) is 4.33. The number of nitrogens with one attached hydrogen (secondary N) is 1. The average molecular weight is 343 g/mol. The van der Waals surface area contributed by atoms with Gasteiger partial charge in [-0.1, -0.05) is 30.3 Å². The number of hydrogen-bond donors (Lipinski definition) is 1. The van der Waals surface area contributed by atoms with Crippen molar-refractivity contribution in [3.05, 3.63) is 51.9 Å². The fourth-order valence-electron chi connectivity index (χ4n) is 2.53. The van der Waals surface area contributed by atoms with Crippen LogP contribution in [-0.4, -0.2) is 11.9 Å². The van der Waals surface area contributed by atoms with E-state index in [9.17, 15) is 9.59 Å². The van der Waals surface area contributed by atoms with Crippen LogP contribution < -0.4 is 5.32 Å². The molecule has 0 aliphatic heterocycles. The Morgan fingerprint density at radius 1 is 1.21 bits per heavy atom. The summed E-state index contributed by atoms with van der Waals surface area (Å²) >= 11 is 1.43. The Labute approximate surface area is 145 Å². The minimum Gasteiger partial charge on any atom is -0.454 e. The van der Waals surface area contributed by atoms with Gasteiger partial charge in [0.1, 0.15) is 11.1 Å². The molecule has 4 nitrogen and oxygen atoms in total. The van der Waals surface area contributed by atoms with Gasteiger partial charge < -0.3 is 10.1 Å². The molecule has 2 aromatic rings. The van der Waals surface area contributed by atoms with Gasteiger partial charge in [0.05, 0.1) is 5.56 Å². The van der Waals surface area contributed by atoms with Crippen LogP contribution in [0.25, 0.3) is 0 Å². The first-order chi connectivity index (χ1) is 11.5. The van der Waals surface area contributed by atoms with Crippen LogP contribution in [0, 0.1) is 19.8 Å². The lowest BCUT2D eigenvalue weighted by Gasteiger charge is -2.14. The van der Waals surface area contributed by atoms with Gasteiger partial charge in [0.15, 0.2) is 0 Å². The number of anilines is 1. The highest BCUT2D eigenvalue weighted by molar-refractivity contribution is 7.16. The third-order valence-corrected chi connectivity index (χ3v) is 5.45. The average Bonchev–Trinajstić information content (AvgIpc) is 3.36. The molecule has 0 unspecified atom stereocenters. The summed E-state index contributed by atoms with van der Waals surface area (Å²) in [6.45, 7) is 5.69. The number of benzene rings is 1. The fraction of sp³-hybridized carbons (Fsp3) is 0.368. The second-order valence-corrected chi connectivity index (χ2v) is 7.43. The Kier molecular flexibility index (Phi) is 4.71. The Balaban J connectivity index is 1.79. The fourth-order valence-corrected chi connectivity index (χ4v) is 3.58. The molecule has 1 heterocycles. The zero-order valence-electron chi connectivity index (χ0n) is 14.1. The molecule has 1 aromatic carbocycles.